The van der Waals surface area contributed by atoms with Crippen molar-refractivity contribution < 1.29 is 4.52 Å². The monoisotopic (exact) mass is 251 g/mol. The maximum atomic E-state index is 4.74. The highest BCUT2D eigenvalue weighted by molar-refractivity contribution is 4.83. The first kappa shape index (κ1) is 13.5. The van der Waals surface area contributed by atoms with E-state index >= 15 is 0 Å². The molecule has 1 aromatic heterocycles. The zero-order valence-electron chi connectivity index (χ0n) is 11.8. The Labute approximate surface area is 110 Å². The highest BCUT2D eigenvalue weighted by Gasteiger charge is 2.27. The first-order chi connectivity index (χ1) is 8.55. The van der Waals surface area contributed by atoms with Gasteiger partial charge in [-0.15, -0.1) is 0 Å². The molecule has 4 nitrogen and oxygen atoms in total. The second kappa shape index (κ2) is 5.83. The van der Waals surface area contributed by atoms with Crippen LogP contribution in [0.2, 0.25) is 0 Å². The lowest BCUT2D eigenvalue weighted by Gasteiger charge is -2.29. The van der Waals surface area contributed by atoms with Gasteiger partial charge in [-0.25, -0.2) is 0 Å². The smallest absolute Gasteiger partial charge is 0.213 e. The summed E-state index contributed by atoms with van der Waals surface area (Å²) in [5.74, 6) is 1.61. The Balaban J connectivity index is 1.78. The van der Waals surface area contributed by atoms with Crippen molar-refractivity contribution in [2.24, 2.45) is 11.3 Å². The van der Waals surface area contributed by atoms with Crippen LogP contribution in [0.25, 0.3) is 0 Å². The Bertz CT molecular complexity index is 342. The van der Waals surface area contributed by atoms with Crippen molar-refractivity contribution in [2.75, 3.05) is 0 Å². The first-order valence-electron chi connectivity index (χ1n) is 7.04. The molecule has 18 heavy (non-hydrogen) atoms. The Morgan fingerprint density at radius 2 is 2.11 bits per heavy atom. The number of hydrogen-bond acceptors (Lipinski definition) is 4. The van der Waals surface area contributed by atoms with Gasteiger partial charge in [-0.3, -0.25) is 0 Å². The van der Waals surface area contributed by atoms with Crippen molar-refractivity contribution in [3.05, 3.63) is 12.2 Å². The van der Waals surface area contributed by atoms with Gasteiger partial charge < -0.3 is 9.84 Å². The molecule has 0 amide bonds. The zero-order valence-corrected chi connectivity index (χ0v) is 11.8. The largest absolute Gasteiger partial charge is 0.343 e. The molecule has 1 N–H and O–H groups in total. The predicted molar refractivity (Wildman–Crippen MR) is 71.0 cm³/mol. The topological polar surface area (TPSA) is 51.0 Å². The van der Waals surface area contributed by atoms with E-state index in [2.05, 4.69) is 36.2 Å². The van der Waals surface area contributed by atoms with Gasteiger partial charge in [0.15, 0.2) is 5.82 Å². The van der Waals surface area contributed by atoms with E-state index < -0.39 is 0 Å². The van der Waals surface area contributed by atoms with Crippen molar-refractivity contribution in [1.29, 1.82) is 0 Å². The summed E-state index contributed by atoms with van der Waals surface area (Å²) >= 11 is 0. The van der Waals surface area contributed by atoms with Crippen molar-refractivity contribution in [2.45, 2.75) is 65.5 Å². The van der Waals surface area contributed by atoms with Crippen molar-refractivity contribution >= 4 is 0 Å². The average Bonchev–Trinajstić information content (AvgIpc) is 2.69. The lowest BCUT2D eigenvalue weighted by molar-refractivity contribution is 0.213. The molecule has 2 rings (SSSR count). The van der Waals surface area contributed by atoms with E-state index in [9.17, 15) is 0 Å². The number of nitrogens with zero attached hydrogens (tertiary/aromatic N) is 2. The van der Waals surface area contributed by atoms with Crippen LogP contribution >= 0.6 is 0 Å². The molecule has 0 saturated heterocycles. The van der Waals surface area contributed by atoms with Crippen molar-refractivity contribution in [1.82, 2.24) is 15.5 Å². The van der Waals surface area contributed by atoms with E-state index in [1.807, 2.05) is 0 Å². The summed E-state index contributed by atoms with van der Waals surface area (Å²) in [5.41, 5.74) is 0.447. The summed E-state index contributed by atoms with van der Waals surface area (Å²) in [5, 5.41) is 7.38. The minimum atomic E-state index is 0.447. The fourth-order valence-corrected chi connectivity index (χ4v) is 2.88. The summed E-state index contributed by atoms with van der Waals surface area (Å²) < 4.78 is 4.74. The molecule has 2 atom stereocenters. The molecule has 1 aliphatic rings. The minimum absolute atomic E-state index is 0.447. The summed E-state index contributed by atoms with van der Waals surface area (Å²) in [7, 11) is 0. The van der Waals surface area contributed by atoms with E-state index in [4.69, 9.17) is 4.52 Å². The molecule has 0 aromatic carbocycles. The quantitative estimate of drug-likeness (QED) is 0.838. The third-order valence-electron chi connectivity index (χ3n) is 4.15. The number of nitrogens with one attached hydrogen (secondary N) is 1. The molecule has 1 fully saturated rings. The molecule has 2 unspecified atom stereocenters. The van der Waals surface area contributed by atoms with Crippen LogP contribution in [0.3, 0.4) is 0 Å². The third kappa shape index (κ3) is 3.80. The summed E-state index contributed by atoms with van der Waals surface area (Å²) in [6.07, 6.45) is 7.94. The molecule has 0 aliphatic heterocycles. The fraction of sp³-hybridized carbons (Fsp3) is 0.857. The van der Waals surface area contributed by atoms with Gasteiger partial charge in [-0.1, -0.05) is 32.3 Å². The molecule has 0 bridgehead atoms. The van der Waals surface area contributed by atoms with Gasteiger partial charge in [0.25, 0.3) is 0 Å². The van der Waals surface area contributed by atoms with Crippen molar-refractivity contribution in [3.8, 4) is 0 Å². The molecule has 0 radical (unpaired) electrons. The Kier molecular flexibility index (Phi) is 4.38. The SMILES string of the molecule is CC(C)(C)C1CCCC(NCc2ncon2)CC1. The molecule has 1 aliphatic carbocycles. The Morgan fingerprint density at radius 3 is 2.78 bits per heavy atom. The second-order valence-corrected chi connectivity index (χ2v) is 6.50. The molecule has 1 saturated carbocycles. The second-order valence-electron chi connectivity index (χ2n) is 6.50. The molecule has 102 valence electrons. The lowest BCUT2D eigenvalue weighted by atomic mass is 9.76. The van der Waals surface area contributed by atoms with Crippen LogP contribution in [-0.4, -0.2) is 16.2 Å². The Hall–Kier alpha value is -0.900. The highest BCUT2D eigenvalue weighted by Crippen LogP contribution is 2.36. The molecule has 4 heteroatoms. The van der Waals surface area contributed by atoms with E-state index in [-0.39, 0.29) is 0 Å². The molecule has 1 heterocycles. The van der Waals surface area contributed by atoms with Gasteiger partial charge in [0.05, 0.1) is 6.54 Å². The normalized spacial score (nSPS) is 25.9. The molecular formula is C14H25N3O. The zero-order chi connectivity index (χ0) is 13.0. The van der Waals surface area contributed by atoms with E-state index in [0.717, 1.165) is 18.3 Å². The number of aromatic nitrogens is 2. The number of rotatable bonds is 3. The van der Waals surface area contributed by atoms with E-state index in [1.54, 1.807) is 0 Å². The van der Waals surface area contributed by atoms with Crippen LogP contribution in [0.4, 0.5) is 0 Å². The van der Waals surface area contributed by atoms with Crippen LogP contribution in [0, 0.1) is 11.3 Å². The van der Waals surface area contributed by atoms with Crippen molar-refractivity contribution in [3.63, 3.8) is 0 Å². The van der Waals surface area contributed by atoms with Crippen LogP contribution in [0.1, 0.15) is 58.7 Å². The fourth-order valence-electron chi connectivity index (χ4n) is 2.88. The minimum Gasteiger partial charge on any atom is -0.343 e. The average molecular weight is 251 g/mol. The molecular weight excluding hydrogens is 226 g/mol. The highest BCUT2D eigenvalue weighted by atomic mass is 16.5. The Morgan fingerprint density at radius 1 is 1.28 bits per heavy atom. The van der Waals surface area contributed by atoms with Gasteiger partial charge in [0, 0.05) is 6.04 Å². The van der Waals surface area contributed by atoms with Crippen LogP contribution < -0.4 is 5.32 Å². The summed E-state index contributed by atoms with van der Waals surface area (Å²) in [6, 6.07) is 0.607. The summed E-state index contributed by atoms with van der Waals surface area (Å²) in [6.45, 7) is 7.82. The van der Waals surface area contributed by atoms with E-state index in [0.29, 0.717) is 11.5 Å². The van der Waals surface area contributed by atoms with Crippen LogP contribution in [0.5, 0.6) is 0 Å². The maximum Gasteiger partial charge on any atom is 0.213 e. The van der Waals surface area contributed by atoms with Crippen LogP contribution in [-0.2, 0) is 6.54 Å². The van der Waals surface area contributed by atoms with Gasteiger partial charge in [0.1, 0.15) is 0 Å². The molecule has 1 aromatic rings. The van der Waals surface area contributed by atoms with Gasteiger partial charge >= 0.3 is 0 Å². The molecule has 0 spiro atoms. The maximum absolute atomic E-state index is 4.74. The van der Waals surface area contributed by atoms with Gasteiger partial charge in [-0.2, -0.15) is 4.98 Å². The van der Waals surface area contributed by atoms with Gasteiger partial charge in [-0.05, 0) is 37.0 Å². The standard InChI is InChI=1S/C14H25N3O/c1-14(2,3)11-5-4-6-12(8-7-11)15-9-13-16-10-18-17-13/h10-12,15H,4-9H2,1-3H3. The van der Waals surface area contributed by atoms with Crippen LogP contribution in [0.15, 0.2) is 10.9 Å². The third-order valence-corrected chi connectivity index (χ3v) is 4.15. The number of hydrogen-bond donors (Lipinski definition) is 1. The summed E-state index contributed by atoms with van der Waals surface area (Å²) in [4.78, 5) is 4.04. The lowest BCUT2D eigenvalue weighted by Crippen LogP contribution is -2.28. The van der Waals surface area contributed by atoms with Gasteiger partial charge in [0.2, 0.25) is 6.39 Å². The first-order valence-corrected chi connectivity index (χ1v) is 7.04. The van der Waals surface area contributed by atoms with E-state index in [1.165, 1.54) is 38.5 Å². The predicted octanol–water partition coefficient (Wildman–Crippen LogP) is 3.15.